The van der Waals surface area contributed by atoms with Crippen LogP contribution in [0.25, 0.3) is 22.4 Å². The van der Waals surface area contributed by atoms with E-state index in [0.29, 0.717) is 33.4 Å². The molecule has 8 nitrogen and oxygen atoms in total. The lowest BCUT2D eigenvalue weighted by Gasteiger charge is -2.08. The number of esters is 1. The lowest BCUT2D eigenvalue weighted by molar-refractivity contribution is -0.132. The van der Waals surface area contributed by atoms with Crippen LogP contribution in [-0.4, -0.2) is 34.3 Å². The highest BCUT2D eigenvalue weighted by Gasteiger charge is 2.13. The fourth-order valence-electron chi connectivity index (χ4n) is 3.04. The van der Waals surface area contributed by atoms with E-state index in [4.69, 9.17) is 14.2 Å². The Hall–Kier alpha value is -3.72. The number of hydrogen-bond acceptors (Lipinski definition) is 8. The summed E-state index contributed by atoms with van der Waals surface area (Å²) in [5, 5.41) is 4.38. The zero-order chi connectivity index (χ0) is 22.7. The van der Waals surface area contributed by atoms with Crippen LogP contribution in [0.5, 0.6) is 17.2 Å². The summed E-state index contributed by atoms with van der Waals surface area (Å²) in [4.78, 5) is 29.1. The van der Waals surface area contributed by atoms with E-state index in [1.165, 1.54) is 29.9 Å². The van der Waals surface area contributed by atoms with E-state index in [1.54, 1.807) is 24.3 Å². The molecular formula is C23H21N3O5S. The van der Waals surface area contributed by atoms with Crippen molar-refractivity contribution in [2.24, 2.45) is 0 Å². The number of hydrogen-bond donors (Lipinski definition) is 0. The molecule has 2 heterocycles. The van der Waals surface area contributed by atoms with Crippen LogP contribution in [0.15, 0.2) is 47.3 Å². The van der Waals surface area contributed by atoms with Gasteiger partial charge in [-0.05, 0) is 54.5 Å². The number of fused-ring (bicyclic) bond motifs is 1. The molecule has 0 aliphatic heterocycles. The minimum absolute atomic E-state index is 0.255. The van der Waals surface area contributed by atoms with Gasteiger partial charge in [-0.1, -0.05) is 24.3 Å². The maximum Gasteiger partial charge on any atom is 0.308 e. The largest absolute Gasteiger partial charge is 0.494 e. The van der Waals surface area contributed by atoms with Crippen LogP contribution in [-0.2, 0) is 4.79 Å². The third-order valence-corrected chi connectivity index (χ3v) is 5.47. The first kappa shape index (κ1) is 21.5. The van der Waals surface area contributed by atoms with E-state index < -0.39 is 5.97 Å². The molecule has 4 aromatic rings. The van der Waals surface area contributed by atoms with Crippen molar-refractivity contribution in [1.29, 1.82) is 0 Å². The molecule has 2 aromatic heterocycles. The first-order valence-corrected chi connectivity index (χ1v) is 10.8. The molecule has 32 heavy (non-hydrogen) atoms. The number of carbonyl (C=O) groups is 1. The molecule has 2 aromatic carbocycles. The zero-order valence-corrected chi connectivity index (χ0v) is 18.6. The number of rotatable bonds is 7. The molecule has 0 aliphatic rings. The Kier molecular flexibility index (Phi) is 6.18. The third kappa shape index (κ3) is 4.47. The normalized spacial score (nSPS) is 11.7. The van der Waals surface area contributed by atoms with Gasteiger partial charge in [0.2, 0.25) is 4.96 Å². The Morgan fingerprint density at radius 1 is 1.16 bits per heavy atom. The molecule has 0 N–H and O–H groups in total. The summed E-state index contributed by atoms with van der Waals surface area (Å²) < 4.78 is 17.8. The quantitative estimate of drug-likeness (QED) is 0.315. The molecule has 0 radical (unpaired) electrons. The Labute approximate surface area is 187 Å². The molecule has 0 atom stereocenters. The van der Waals surface area contributed by atoms with Gasteiger partial charge in [0.25, 0.3) is 5.56 Å². The van der Waals surface area contributed by atoms with Crippen LogP contribution in [0.2, 0.25) is 0 Å². The second-order valence-electron chi connectivity index (χ2n) is 6.92. The van der Waals surface area contributed by atoms with Gasteiger partial charge in [0.1, 0.15) is 5.75 Å². The van der Waals surface area contributed by atoms with Crippen molar-refractivity contribution < 1.29 is 19.0 Å². The maximum atomic E-state index is 12.8. The number of nitrogens with zero attached hydrogens (tertiary/aromatic N) is 3. The molecule has 0 saturated carbocycles. The summed E-state index contributed by atoms with van der Waals surface area (Å²) in [7, 11) is 1.48. The molecular weight excluding hydrogens is 430 g/mol. The Balaban J connectivity index is 1.64. The van der Waals surface area contributed by atoms with E-state index >= 15 is 0 Å². The molecule has 0 aliphatic carbocycles. The minimum Gasteiger partial charge on any atom is -0.494 e. The van der Waals surface area contributed by atoms with E-state index in [9.17, 15) is 9.59 Å². The number of carbonyl (C=O) groups excluding carboxylic acids is 1. The molecule has 9 heteroatoms. The SMILES string of the molecule is CCCOc1ccc(-c2nc3s/c(=C\c4ccc(OC(C)=O)c(OC)c4)c(=O)n3n2)cc1. The van der Waals surface area contributed by atoms with Crippen molar-refractivity contribution >= 4 is 28.3 Å². The van der Waals surface area contributed by atoms with Crippen LogP contribution >= 0.6 is 11.3 Å². The Morgan fingerprint density at radius 2 is 1.94 bits per heavy atom. The fraction of sp³-hybridized carbons (Fsp3) is 0.217. The van der Waals surface area contributed by atoms with Gasteiger partial charge in [0.15, 0.2) is 17.3 Å². The van der Waals surface area contributed by atoms with Crippen molar-refractivity contribution in [2.75, 3.05) is 13.7 Å². The average Bonchev–Trinajstić information content (AvgIpc) is 3.32. The zero-order valence-electron chi connectivity index (χ0n) is 17.8. The summed E-state index contributed by atoms with van der Waals surface area (Å²) in [6.45, 7) is 4.03. The molecule has 0 unspecified atom stereocenters. The monoisotopic (exact) mass is 451 g/mol. The summed E-state index contributed by atoms with van der Waals surface area (Å²) in [5.41, 5.74) is 1.28. The molecule has 0 saturated heterocycles. The number of methoxy groups -OCH3 is 1. The van der Waals surface area contributed by atoms with Crippen molar-refractivity contribution in [2.45, 2.75) is 20.3 Å². The fourth-order valence-corrected chi connectivity index (χ4v) is 3.95. The number of ether oxygens (including phenoxy) is 3. The van der Waals surface area contributed by atoms with Crippen molar-refractivity contribution in [3.63, 3.8) is 0 Å². The summed E-state index contributed by atoms with van der Waals surface area (Å²) in [6, 6.07) is 12.5. The lowest BCUT2D eigenvalue weighted by atomic mass is 10.2. The third-order valence-electron chi connectivity index (χ3n) is 4.51. The predicted molar refractivity (Wildman–Crippen MR) is 121 cm³/mol. The molecule has 4 rings (SSSR count). The summed E-state index contributed by atoms with van der Waals surface area (Å²) in [6.07, 6.45) is 2.67. The van der Waals surface area contributed by atoms with Crippen LogP contribution in [0, 0.1) is 0 Å². The van der Waals surface area contributed by atoms with E-state index in [0.717, 1.165) is 23.3 Å². The van der Waals surface area contributed by atoms with Gasteiger partial charge < -0.3 is 14.2 Å². The van der Waals surface area contributed by atoms with Gasteiger partial charge in [-0.2, -0.15) is 9.50 Å². The highest BCUT2D eigenvalue weighted by Crippen LogP contribution is 2.28. The standard InChI is InChI=1S/C23H21N3O5S/c1-4-11-30-17-8-6-16(7-9-17)21-24-23-26(25-21)22(28)20(32-23)13-15-5-10-18(31-14(2)27)19(12-15)29-3/h5-10,12-13H,4,11H2,1-3H3/b20-13-. The smallest absolute Gasteiger partial charge is 0.308 e. The van der Waals surface area contributed by atoms with E-state index in [1.807, 2.05) is 24.3 Å². The minimum atomic E-state index is -0.439. The first-order valence-electron chi connectivity index (χ1n) is 9.99. The molecule has 0 bridgehead atoms. The van der Waals surface area contributed by atoms with Crippen LogP contribution < -0.4 is 24.3 Å². The summed E-state index contributed by atoms with van der Waals surface area (Å²) >= 11 is 1.25. The highest BCUT2D eigenvalue weighted by molar-refractivity contribution is 7.15. The second kappa shape index (κ2) is 9.19. The van der Waals surface area contributed by atoms with Crippen molar-refractivity contribution in [3.8, 4) is 28.6 Å². The Morgan fingerprint density at radius 3 is 2.59 bits per heavy atom. The van der Waals surface area contributed by atoms with E-state index in [2.05, 4.69) is 17.0 Å². The van der Waals surface area contributed by atoms with Gasteiger partial charge in [0.05, 0.1) is 18.2 Å². The van der Waals surface area contributed by atoms with Gasteiger partial charge >= 0.3 is 5.97 Å². The van der Waals surface area contributed by atoms with Gasteiger partial charge in [-0.25, -0.2) is 0 Å². The maximum absolute atomic E-state index is 12.8. The van der Waals surface area contributed by atoms with Gasteiger partial charge in [-0.3, -0.25) is 9.59 Å². The first-order chi connectivity index (χ1) is 15.5. The molecule has 0 spiro atoms. The van der Waals surface area contributed by atoms with Crippen molar-refractivity contribution in [3.05, 3.63) is 62.9 Å². The summed E-state index contributed by atoms with van der Waals surface area (Å²) in [5.74, 6) is 1.54. The highest BCUT2D eigenvalue weighted by atomic mass is 32.1. The van der Waals surface area contributed by atoms with Crippen molar-refractivity contribution in [1.82, 2.24) is 14.6 Å². The Bertz CT molecular complexity index is 1380. The predicted octanol–water partition coefficient (Wildman–Crippen LogP) is 3.09. The van der Waals surface area contributed by atoms with Crippen LogP contribution in [0.4, 0.5) is 0 Å². The number of thiazole rings is 1. The van der Waals surface area contributed by atoms with Crippen LogP contribution in [0.1, 0.15) is 25.8 Å². The van der Waals surface area contributed by atoms with Gasteiger partial charge in [-0.15, -0.1) is 5.10 Å². The molecule has 164 valence electrons. The lowest BCUT2D eigenvalue weighted by Crippen LogP contribution is -2.23. The second-order valence-corrected chi connectivity index (χ2v) is 7.93. The van der Waals surface area contributed by atoms with E-state index in [-0.39, 0.29) is 5.56 Å². The van der Waals surface area contributed by atoms with Crippen LogP contribution in [0.3, 0.4) is 0 Å². The van der Waals surface area contributed by atoms with Gasteiger partial charge in [0, 0.05) is 12.5 Å². The molecule has 0 amide bonds. The molecule has 0 fully saturated rings. The average molecular weight is 452 g/mol. The topological polar surface area (TPSA) is 92.0 Å². The number of aromatic nitrogens is 3. The number of benzene rings is 2.